The van der Waals surface area contributed by atoms with Gasteiger partial charge in [-0.25, -0.2) is 0 Å². The van der Waals surface area contributed by atoms with E-state index in [2.05, 4.69) is 49.0 Å². The Morgan fingerprint density at radius 1 is 1.31 bits per heavy atom. The van der Waals surface area contributed by atoms with Gasteiger partial charge in [0.05, 0.1) is 0 Å². The van der Waals surface area contributed by atoms with Crippen LogP contribution in [0, 0.1) is 0 Å². The lowest BCUT2D eigenvalue weighted by Crippen LogP contribution is -2.15. The van der Waals surface area contributed by atoms with Crippen LogP contribution >= 0.6 is 11.2 Å². The summed E-state index contributed by atoms with van der Waals surface area (Å²) < 4.78 is 0. The number of hydrogen-bond acceptors (Lipinski definition) is 2. The fraction of sp³-hybridized carbons (Fsp3) is 0.900. The standard InChI is InChI=1S/C10H23NSSi/c1-5-6-7-8-11-9-10-12-13(2,3)4/h8H,5-7,9-10H2,1-4H3. The van der Waals surface area contributed by atoms with Gasteiger partial charge in [0, 0.05) is 12.3 Å². The molecule has 0 bridgehead atoms. The summed E-state index contributed by atoms with van der Waals surface area (Å²) in [6.07, 6.45) is 5.81. The third-order valence-corrected chi connectivity index (χ3v) is 6.03. The molecule has 0 fully saturated rings. The van der Waals surface area contributed by atoms with Gasteiger partial charge in [-0.1, -0.05) is 33.0 Å². The van der Waals surface area contributed by atoms with Gasteiger partial charge >= 0.3 is 0 Å². The van der Waals surface area contributed by atoms with Crippen molar-refractivity contribution >= 4 is 24.6 Å². The maximum atomic E-state index is 4.39. The number of nitrogens with zero attached hydrogens (tertiary/aromatic N) is 1. The molecule has 0 saturated heterocycles. The highest BCUT2D eigenvalue weighted by molar-refractivity contribution is 8.28. The van der Waals surface area contributed by atoms with Crippen molar-refractivity contribution in [2.24, 2.45) is 4.99 Å². The second-order valence-corrected chi connectivity index (χ2v) is 13.7. The molecule has 0 radical (unpaired) electrons. The minimum atomic E-state index is -0.890. The Labute approximate surface area is 88.1 Å². The molecule has 3 heteroatoms. The molecule has 0 unspecified atom stereocenters. The van der Waals surface area contributed by atoms with Gasteiger partial charge in [-0.15, -0.1) is 0 Å². The molecule has 0 aromatic heterocycles. The van der Waals surface area contributed by atoms with E-state index < -0.39 is 7.22 Å². The van der Waals surface area contributed by atoms with E-state index in [0.29, 0.717) is 0 Å². The highest BCUT2D eigenvalue weighted by Crippen LogP contribution is 2.18. The summed E-state index contributed by atoms with van der Waals surface area (Å²) in [4.78, 5) is 4.39. The molecule has 0 aliphatic carbocycles. The predicted molar refractivity (Wildman–Crippen MR) is 68.7 cm³/mol. The van der Waals surface area contributed by atoms with Gasteiger partial charge in [0.1, 0.15) is 7.22 Å². The Balaban J connectivity index is 3.20. The molecule has 0 heterocycles. The maximum Gasteiger partial charge on any atom is 0.108 e. The predicted octanol–water partition coefficient (Wildman–Crippen LogP) is 3.82. The summed E-state index contributed by atoms with van der Waals surface area (Å²) in [5, 5.41) is 0. The number of hydrogen-bond donors (Lipinski definition) is 0. The fourth-order valence-electron chi connectivity index (χ4n) is 0.883. The summed E-state index contributed by atoms with van der Waals surface area (Å²) >= 11 is 2.12. The summed E-state index contributed by atoms with van der Waals surface area (Å²) in [5.74, 6) is 1.21. The Morgan fingerprint density at radius 3 is 2.54 bits per heavy atom. The molecular formula is C10H23NSSi. The fourth-order valence-corrected chi connectivity index (χ4v) is 3.80. The van der Waals surface area contributed by atoms with Gasteiger partial charge in [-0.3, -0.25) is 4.99 Å². The first-order valence-electron chi connectivity index (χ1n) is 5.18. The SMILES string of the molecule is CCCCC=NCCS[Si](C)(C)C. The van der Waals surface area contributed by atoms with E-state index in [1.807, 2.05) is 0 Å². The van der Waals surface area contributed by atoms with Crippen molar-refractivity contribution in [3.63, 3.8) is 0 Å². The number of rotatable bonds is 7. The Bertz CT molecular complexity index is 140. The van der Waals surface area contributed by atoms with E-state index in [4.69, 9.17) is 0 Å². The average molecular weight is 217 g/mol. The van der Waals surface area contributed by atoms with Crippen molar-refractivity contribution in [2.75, 3.05) is 12.3 Å². The minimum absolute atomic E-state index is 0.890. The van der Waals surface area contributed by atoms with Crippen LogP contribution in [0.5, 0.6) is 0 Å². The average Bonchev–Trinajstić information content (AvgIpc) is 2.01. The van der Waals surface area contributed by atoms with E-state index in [-0.39, 0.29) is 0 Å². The quantitative estimate of drug-likeness (QED) is 0.359. The van der Waals surface area contributed by atoms with Crippen molar-refractivity contribution in [3.8, 4) is 0 Å². The van der Waals surface area contributed by atoms with Crippen molar-refractivity contribution in [1.29, 1.82) is 0 Å². The first kappa shape index (κ1) is 13.2. The molecule has 0 rings (SSSR count). The third kappa shape index (κ3) is 12.2. The van der Waals surface area contributed by atoms with E-state index >= 15 is 0 Å². The van der Waals surface area contributed by atoms with Crippen LogP contribution in [-0.2, 0) is 0 Å². The van der Waals surface area contributed by atoms with Crippen LogP contribution in [-0.4, -0.2) is 25.7 Å². The lowest BCUT2D eigenvalue weighted by Gasteiger charge is -2.13. The Morgan fingerprint density at radius 2 is 2.00 bits per heavy atom. The van der Waals surface area contributed by atoms with E-state index in [0.717, 1.165) is 13.0 Å². The van der Waals surface area contributed by atoms with Crippen molar-refractivity contribution in [3.05, 3.63) is 0 Å². The topological polar surface area (TPSA) is 12.4 Å². The summed E-state index contributed by atoms with van der Waals surface area (Å²) in [6, 6.07) is 0. The molecule has 0 amide bonds. The first-order valence-corrected chi connectivity index (χ1v) is 10.4. The zero-order valence-electron chi connectivity index (χ0n) is 9.47. The van der Waals surface area contributed by atoms with E-state index in [1.165, 1.54) is 18.6 Å². The second-order valence-electron chi connectivity index (χ2n) is 4.19. The summed E-state index contributed by atoms with van der Waals surface area (Å²) in [7, 11) is -0.890. The molecule has 0 aliphatic rings. The monoisotopic (exact) mass is 217 g/mol. The van der Waals surface area contributed by atoms with Crippen molar-refractivity contribution < 1.29 is 0 Å². The molecule has 78 valence electrons. The molecule has 0 aromatic carbocycles. The molecule has 0 aliphatic heterocycles. The van der Waals surface area contributed by atoms with Gasteiger partial charge in [0.2, 0.25) is 0 Å². The summed E-state index contributed by atoms with van der Waals surface area (Å²) in [5.41, 5.74) is 0. The molecule has 0 saturated carbocycles. The third-order valence-electron chi connectivity index (χ3n) is 1.57. The molecule has 0 aromatic rings. The number of aliphatic imine (C=N–C) groups is 1. The molecule has 13 heavy (non-hydrogen) atoms. The van der Waals surface area contributed by atoms with Gasteiger partial charge < -0.3 is 0 Å². The normalized spacial score (nSPS) is 12.6. The van der Waals surface area contributed by atoms with E-state index in [1.54, 1.807) is 0 Å². The lowest BCUT2D eigenvalue weighted by molar-refractivity contribution is 0.840. The lowest BCUT2D eigenvalue weighted by atomic mass is 10.3. The van der Waals surface area contributed by atoms with Crippen LogP contribution in [0.1, 0.15) is 26.2 Å². The first-order chi connectivity index (χ1) is 6.06. The van der Waals surface area contributed by atoms with Gasteiger partial charge in [0.15, 0.2) is 0 Å². The van der Waals surface area contributed by atoms with Crippen LogP contribution in [0.2, 0.25) is 19.6 Å². The highest BCUT2D eigenvalue weighted by atomic mass is 32.4. The van der Waals surface area contributed by atoms with Gasteiger partial charge in [0.25, 0.3) is 0 Å². The molecule has 0 spiro atoms. The van der Waals surface area contributed by atoms with Crippen LogP contribution in [0.15, 0.2) is 4.99 Å². The maximum absolute atomic E-state index is 4.39. The molecule has 0 atom stereocenters. The van der Waals surface area contributed by atoms with Crippen LogP contribution < -0.4 is 0 Å². The molecule has 0 N–H and O–H groups in total. The van der Waals surface area contributed by atoms with Gasteiger partial charge in [-0.05, 0) is 19.1 Å². The smallest absolute Gasteiger partial charge is 0.108 e. The Kier molecular flexibility index (Phi) is 7.76. The highest BCUT2D eigenvalue weighted by Gasteiger charge is 2.11. The molecular weight excluding hydrogens is 194 g/mol. The van der Waals surface area contributed by atoms with Crippen molar-refractivity contribution in [2.45, 2.75) is 45.8 Å². The number of unbranched alkanes of at least 4 members (excludes halogenated alkanes) is 2. The zero-order chi connectivity index (χ0) is 10.2. The second kappa shape index (κ2) is 7.62. The largest absolute Gasteiger partial charge is 0.297 e. The Hall–Kier alpha value is 0.237. The minimum Gasteiger partial charge on any atom is -0.297 e. The van der Waals surface area contributed by atoms with Crippen LogP contribution in [0.25, 0.3) is 0 Å². The zero-order valence-corrected chi connectivity index (χ0v) is 11.3. The van der Waals surface area contributed by atoms with Crippen LogP contribution in [0.4, 0.5) is 0 Å². The van der Waals surface area contributed by atoms with Crippen LogP contribution in [0.3, 0.4) is 0 Å². The molecule has 1 nitrogen and oxygen atoms in total. The summed E-state index contributed by atoms with van der Waals surface area (Å²) in [6.45, 7) is 10.4. The van der Waals surface area contributed by atoms with Gasteiger partial charge in [-0.2, -0.15) is 11.2 Å². The van der Waals surface area contributed by atoms with E-state index in [9.17, 15) is 0 Å². The van der Waals surface area contributed by atoms with Crippen molar-refractivity contribution in [1.82, 2.24) is 0 Å².